The van der Waals surface area contributed by atoms with Crippen molar-refractivity contribution in [2.45, 2.75) is 6.42 Å². The molecule has 3 aliphatic rings. The van der Waals surface area contributed by atoms with Crippen molar-refractivity contribution >= 4 is 11.8 Å². The quantitative estimate of drug-likeness (QED) is 0.349. The minimum Gasteiger partial charge on any atom is -0.274 e. The van der Waals surface area contributed by atoms with Gasteiger partial charge < -0.3 is 0 Å². The zero-order valence-corrected chi connectivity index (χ0v) is 8.09. The van der Waals surface area contributed by atoms with Crippen LogP contribution in [0.1, 0.15) is 6.42 Å². The Morgan fingerprint density at radius 3 is 2.27 bits per heavy atom. The van der Waals surface area contributed by atoms with Gasteiger partial charge in [0, 0.05) is 0 Å². The monoisotopic (exact) mass is 202 g/mol. The van der Waals surface area contributed by atoms with Crippen LogP contribution in [0.2, 0.25) is 0 Å². The molecular formula is C11H10N2O2. The summed E-state index contributed by atoms with van der Waals surface area (Å²) in [5.41, 5.74) is 0. The van der Waals surface area contributed by atoms with Gasteiger partial charge >= 0.3 is 0 Å². The minimum atomic E-state index is -0.166. The lowest BCUT2D eigenvalue weighted by atomic mass is 9.85. The predicted molar refractivity (Wildman–Crippen MR) is 50.1 cm³/mol. The Morgan fingerprint density at radius 2 is 1.80 bits per heavy atom. The van der Waals surface area contributed by atoms with Crippen molar-refractivity contribution in [1.82, 2.24) is 4.90 Å². The lowest BCUT2D eigenvalue weighted by Crippen LogP contribution is -2.33. The summed E-state index contributed by atoms with van der Waals surface area (Å²) in [4.78, 5) is 24.9. The van der Waals surface area contributed by atoms with Gasteiger partial charge in [-0.05, 0) is 18.3 Å². The molecule has 0 aromatic heterocycles. The maximum absolute atomic E-state index is 11.9. The van der Waals surface area contributed by atoms with Crippen LogP contribution in [-0.4, -0.2) is 23.3 Å². The molecule has 4 nitrogen and oxygen atoms in total. The zero-order chi connectivity index (χ0) is 10.6. The fraction of sp³-hybridized carbons (Fsp3) is 0.545. The van der Waals surface area contributed by atoms with Gasteiger partial charge in [-0.3, -0.25) is 14.5 Å². The van der Waals surface area contributed by atoms with Crippen LogP contribution in [0, 0.1) is 35.0 Å². The number of amides is 2. The molecule has 2 aliphatic carbocycles. The van der Waals surface area contributed by atoms with E-state index in [1.54, 1.807) is 0 Å². The van der Waals surface area contributed by atoms with Crippen molar-refractivity contribution in [3.63, 3.8) is 0 Å². The van der Waals surface area contributed by atoms with E-state index in [2.05, 4.69) is 0 Å². The van der Waals surface area contributed by atoms with Crippen LogP contribution in [-0.2, 0) is 9.59 Å². The van der Waals surface area contributed by atoms with E-state index in [0.29, 0.717) is 0 Å². The molecule has 2 bridgehead atoms. The second-order valence-corrected chi connectivity index (χ2v) is 4.42. The molecule has 15 heavy (non-hydrogen) atoms. The number of carbonyl (C=O) groups excluding carboxylic acids is 2. The highest BCUT2D eigenvalue weighted by Gasteiger charge is 2.59. The lowest BCUT2D eigenvalue weighted by Gasteiger charge is -2.14. The molecule has 4 unspecified atom stereocenters. The Hall–Kier alpha value is -1.63. The number of likely N-dealkylation sites (tertiary alicyclic amines) is 1. The fourth-order valence-corrected chi connectivity index (χ4v) is 3.19. The van der Waals surface area contributed by atoms with E-state index in [1.807, 2.05) is 18.2 Å². The topological polar surface area (TPSA) is 61.2 Å². The molecule has 3 rings (SSSR count). The third-order valence-corrected chi connectivity index (χ3v) is 3.79. The summed E-state index contributed by atoms with van der Waals surface area (Å²) in [5.74, 6) is -0.131. The van der Waals surface area contributed by atoms with Crippen LogP contribution in [0.3, 0.4) is 0 Å². The maximum Gasteiger partial charge on any atom is 0.234 e. The van der Waals surface area contributed by atoms with Gasteiger partial charge in [0.15, 0.2) is 0 Å². The van der Waals surface area contributed by atoms with Gasteiger partial charge in [-0.15, -0.1) is 0 Å². The molecular weight excluding hydrogens is 192 g/mol. The number of hydrogen-bond donors (Lipinski definition) is 0. The summed E-state index contributed by atoms with van der Waals surface area (Å²) >= 11 is 0. The second kappa shape index (κ2) is 2.69. The van der Waals surface area contributed by atoms with Gasteiger partial charge in [-0.1, -0.05) is 12.2 Å². The summed E-state index contributed by atoms with van der Waals surface area (Å²) in [5, 5.41) is 8.56. The molecule has 2 amide bonds. The normalized spacial score (nSPS) is 41.1. The number of allylic oxidation sites excluding steroid dienone is 2. The first-order valence-electron chi connectivity index (χ1n) is 5.14. The maximum atomic E-state index is 11.9. The molecule has 2 fully saturated rings. The first kappa shape index (κ1) is 8.66. The zero-order valence-electron chi connectivity index (χ0n) is 8.09. The van der Waals surface area contributed by atoms with E-state index >= 15 is 0 Å². The number of fused-ring (bicyclic) bond motifs is 5. The number of nitriles is 1. The van der Waals surface area contributed by atoms with Crippen molar-refractivity contribution in [1.29, 1.82) is 5.26 Å². The van der Waals surface area contributed by atoms with Crippen LogP contribution < -0.4 is 0 Å². The van der Waals surface area contributed by atoms with Crippen LogP contribution in [0.5, 0.6) is 0 Å². The average molecular weight is 202 g/mol. The predicted octanol–water partition coefficient (Wildman–Crippen LogP) is 0.317. The third-order valence-electron chi connectivity index (χ3n) is 3.79. The molecule has 1 saturated carbocycles. The molecule has 0 aromatic carbocycles. The number of nitrogens with zero attached hydrogens (tertiary/aromatic N) is 2. The Kier molecular flexibility index (Phi) is 1.55. The summed E-state index contributed by atoms with van der Waals surface area (Å²) in [6.07, 6.45) is 5.03. The highest BCUT2D eigenvalue weighted by Crippen LogP contribution is 2.52. The van der Waals surface area contributed by atoms with Crippen molar-refractivity contribution in [3.8, 4) is 6.07 Å². The summed E-state index contributed by atoms with van der Waals surface area (Å²) in [7, 11) is 0. The van der Waals surface area contributed by atoms with E-state index in [1.165, 1.54) is 0 Å². The molecule has 0 N–H and O–H groups in total. The van der Waals surface area contributed by atoms with Gasteiger partial charge in [0.1, 0.15) is 6.54 Å². The Labute approximate surface area is 87.2 Å². The number of rotatable bonds is 1. The molecule has 1 aliphatic heterocycles. The van der Waals surface area contributed by atoms with Crippen LogP contribution in [0.25, 0.3) is 0 Å². The van der Waals surface area contributed by atoms with E-state index in [4.69, 9.17) is 5.26 Å². The van der Waals surface area contributed by atoms with Gasteiger partial charge in [0.05, 0.1) is 17.9 Å². The highest BCUT2D eigenvalue weighted by atomic mass is 16.2. The van der Waals surface area contributed by atoms with Crippen LogP contribution >= 0.6 is 0 Å². The van der Waals surface area contributed by atoms with Crippen molar-refractivity contribution in [3.05, 3.63) is 12.2 Å². The van der Waals surface area contributed by atoms with Gasteiger partial charge in [-0.25, -0.2) is 0 Å². The minimum absolute atomic E-state index is 0.0931. The second-order valence-electron chi connectivity index (χ2n) is 4.42. The summed E-state index contributed by atoms with van der Waals surface area (Å²) in [6.45, 7) is -0.0931. The molecule has 0 spiro atoms. The van der Waals surface area contributed by atoms with Crippen molar-refractivity contribution in [2.24, 2.45) is 23.7 Å². The third kappa shape index (κ3) is 0.904. The summed E-state index contributed by atoms with van der Waals surface area (Å²) < 4.78 is 0. The summed E-state index contributed by atoms with van der Waals surface area (Å²) in [6, 6.07) is 1.87. The average Bonchev–Trinajstić information content (AvgIpc) is 2.87. The van der Waals surface area contributed by atoms with Crippen LogP contribution in [0.15, 0.2) is 12.2 Å². The van der Waals surface area contributed by atoms with Gasteiger partial charge in [0.25, 0.3) is 0 Å². The Morgan fingerprint density at radius 1 is 1.27 bits per heavy atom. The molecule has 0 radical (unpaired) electrons. The largest absolute Gasteiger partial charge is 0.274 e. The number of hydrogen-bond acceptors (Lipinski definition) is 3. The van der Waals surface area contributed by atoms with Gasteiger partial charge in [-0.2, -0.15) is 5.26 Å². The first-order chi connectivity index (χ1) is 7.24. The number of imide groups is 1. The molecule has 0 aromatic rings. The Bertz CT molecular complexity index is 391. The Balaban J connectivity index is 1.97. The van der Waals surface area contributed by atoms with E-state index in [-0.39, 0.29) is 42.0 Å². The highest BCUT2D eigenvalue weighted by molar-refractivity contribution is 6.06. The van der Waals surface area contributed by atoms with E-state index in [9.17, 15) is 9.59 Å². The first-order valence-corrected chi connectivity index (χ1v) is 5.14. The molecule has 1 saturated heterocycles. The number of carbonyl (C=O) groups is 2. The van der Waals surface area contributed by atoms with Crippen molar-refractivity contribution in [2.75, 3.05) is 6.54 Å². The SMILES string of the molecule is N#CCN1C(=O)C2C3C=CC(C3)C2C1=O. The molecule has 4 heteroatoms. The lowest BCUT2D eigenvalue weighted by molar-refractivity contribution is -0.139. The van der Waals surface area contributed by atoms with Crippen LogP contribution in [0.4, 0.5) is 0 Å². The molecule has 4 atom stereocenters. The van der Waals surface area contributed by atoms with Crippen molar-refractivity contribution < 1.29 is 9.59 Å². The van der Waals surface area contributed by atoms with E-state index < -0.39 is 0 Å². The molecule has 1 heterocycles. The fourth-order valence-electron chi connectivity index (χ4n) is 3.19. The molecule has 76 valence electrons. The van der Waals surface area contributed by atoms with E-state index in [0.717, 1.165) is 11.3 Å². The standard InChI is InChI=1S/C11H10N2O2/c12-3-4-13-10(14)8-6-1-2-7(5-6)9(8)11(13)15/h1-2,6-9H,4-5H2. The van der Waals surface area contributed by atoms with Gasteiger partial charge in [0.2, 0.25) is 11.8 Å². The smallest absolute Gasteiger partial charge is 0.234 e.